The summed E-state index contributed by atoms with van der Waals surface area (Å²) >= 11 is 6.71. The van der Waals surface area contributed by atoms with Crippen LogP contribution < -0.4 is 5.32 Å². The predicted octanol–water partition coefficient (Wildman–Crippen LogP) is 5.91. The SMILES string of the molecule is CCC(C)Nc1oc(-c2ccc(Br)cc2)nc1S(=O)(=O)c1ccc(Br)cc1. The van der Waals surface area contributed by atoms with Gasteiger partial charge < -0.3 is 9.73 Å². The number of oxazole rings is 1. The van der Waals surface area contributed by atoms with E-state index in [4.69, 9.17) is 4.42 Å². The van der Waals surface area contributed by atoms with Crippen LogP contribution in [0.15, 0.2) is 71.8 Å². The molecule has 0 saturated carbocycles. The quantitative estimate of drug-likeness (QED) is 0.443. The van der Waals surface area contributed by atoms with Crippen molar-refractivity contribution in [2.75, 3.05) is 5.32 Å². The van der Waals surface area contributed by atoms with E-state index in [2.05, 4.69) is 42.2 Å². The standard InChI is InChI=1S/C19H18Br2N2O3S/c1-3-12(2)22-18-19(27(24,25)16-10-8-15(21)9-11-16)23-17(26-18)13-4-6-14(20)7-5-13/h4-12,22H,3H2,1-2H3. The highest BCUT2D eigenvalue weighted by Gasteiger charge is 2.29. The fourth-order valence-electron chi connectivity index (χ4n) is 2.35. The van der Waals surface area contributed by atoms with Crippen molar-refractivity contribution < 1.29 is 12.8 Å². The predicted molar refractivity (Wildman–Crippen MR) is 113 cm³/mol. The zero-order valence-corrected chi connectivity index (χ0v) is 18.7. The van der Waals surface area contributed by atoms with Crippen LogP contribution in [-0.4, -0.2) is 19.4 Å². The molecule has 0 aliphatic carbocycles. The maximum absolute atomic E-state index is 13.1. The molecule has 0 saturated heterocycles. The van der Waals surface area contributed by atoms with E-state index in [-0.39, 0.29) is 27.7 Å². The van der Waals surface area contributed by atoms with Gasteiger partial charge in [-0.2, -0.15) is 4.98 Å². The van der Waals surface area contributed by atoms with Crippen LogP contribution in [0, 0.1) is 0 Å². The van der Waals surface area contributed by atoms with Crippen LogP contribution in [0.1, 0.15) is 20.3 Å². The van der Waals surface area contributed by atoms with Crippen molar-refractivity contribution in [2.45, 2.75) is 36.2 Å². The average molecular weight is 514 g/mol. The van der Waals surface area contributed by atoms with Crippen molar-refractivity contribution >= 4 is 47.6 Å². The van der Waals surface area contributed by atoms with Gasteiger partial charge in [-0.05, 0) is 61.9 Å². The lowest BCUT2D eigenvalue weighted by Gasteiger charge is -2.11. The van der Waals surface area contributed by atoms with Gasteiger partial charge in [-0.3, -0.25) is 0 Å². The van der Waals surface area contributed by atoms with Crippen molar-refractivity contribution in [3.05, 3.63) is 57.5 Å². The van der Waals surface area contributed by atoms with Gasteiger partial charge in [-0.1, -0.05) is 38.8 Å². The van der Waals surface area contributed by atoms with Gasteiger partial charge in [0.05, 0.1) is 4.90 Å². The van der Waals surface area contributed by atoms with Crippen LogP contribution >= 0.6 is 31.9 Å². The Morgan fingerprint density at radius 3 is 2.15 bits per heavy atom. The Morgan fingerprint density at radius 2 is 1.59 bits per heavy atom. The van der Waals surface area contributed by atoms with Crippen LogP contribution in [0.4, 0.5) is 5.88 Å². The minimum Gasteiger partial charge on any atom is -0.419 e. The molecule has 1 aromatic heterocycles. The molecule has 1 heterocycles. The molecule has 1 unspecified atom stereocenters. The molecule has 1 atom stereocenters. The lowest BCUT2D eigenvalue weighted by molar-refractivity contribution is 0.566. The number of nitrogens with zero attached hydrogens (tertiary/aromatic N) is 1. The van der Waals surface area contributed by atoms with E-state index in [0.29, 0.717) is 5.56 Å². The van der Waals surface area contributed by atoms with Crippen molar-refractivity contribution in [3.8, 4) is 11.5 Å². The number of aromatic nitrogens is 1. The van der Waals surface area contributed by atoms with Crippen LogP contribution in [-0.2, 0) is 9.84 Å². The Labute approximate surface area is 175 Å². The van der Waals surface area contributed by atoms with Crippen molar-refractivity contribution in [1.29, 1.82) is 0 Å². The number of benzene rings is 2. The average Bonchev–Trinajstić information content (AvgIpc) is 3.07. The van der Waals surface area contributed by atoms with Crippen LogP contribution in [0.25, 0.3) is 11.5 Å². The lowest BCUT2D eigenvalue weighted by Crippen LogP contribution is -2.15. The molecule has 0 aliphatic heterocycles. The fraction of sp³-hybridized carbons (Fsp3) is 0.211. The first-order valence-corrected chi connectivity index (χ1v) is 11.4. The summed E-state index contributed by atoms with van der Waals surface area (Å²) in [6, 6.07) is 13.8. The monoisotopic (exact) mass is 512 g/mol. The number of hydrogen-bond acceptors (Lipinski definition) is 5. The summed E-state index contributed by atoms with van der Waals surface area (Å²) in [5.41, 5.74) is 0.697. The zero-order chi connectivity index (χ0) is 19.6. The van der Waals surface area contributed by atoms with Gasteiger partial charge in [0.1, 0.15) is 0 Å². The van der Waals surface area contributed by atoms with E-state index in [0.717, 1.165) is 15.4 Å². The van der Waals surface area contributed by atoms with Gasteiger partial charge in [0.2, 0.25) is 26.6 Å². The number of nitrogens with one attached hydrogen (secondary N) is 1. The van der Waals surface area contributed by atoms with Crippen molar-refractivity contribution in [3.63, 3.8) is 0 Å². The summed E-state index contributed by atoms with van der Waals surface area (Å²) in [5, 5.41) is 3.01. The third-order valence-electron chi connectivity index (χ3n) is 4.06. The smallest absolute Gasteiger partial charge is 0.234 e. The van der Waals surface area contributed by atoms with Gasteiger partial charge in [-0.25, -0.2) is 8.42 Å². The highest BCUT2D eigenvalue weighted by molar-refractivity contribution is 9.10. The van der Waals surface area contributed by atoms with Gasteiger partial charge in [-0.15, -0.1) is 0 Å². The molecule has 5 nitrogen and oxygen atoms in total. The number of rotatable bonds is 6. The highest BCUT2D eigenvalue weighted by Crippen LogP contribution is 2.33. The second kappa shape index (κ2) is 8.16. The minimum absolute atomic E-state index is 0.0367. The molecule has 0 aliphatic rings. The van der Waals surface area contributed by atoms with Crippen LogP contribution in [0.5, 0.6) is 0 Å². The number of anilines is 1. The number of hydrogen-bond donors (Lipinski definition) is 1. The molecular weight excluding hydrogens is 496 g/mol. The van der Waals surface area contributed by atoms with Crippen LogP contribution in [0.2, 0.25) is 0 Å². The van der Waals surface area contributed by atoms with E-state index in [1.165, 1.54) is 0 Å². The van der Waals surface area contributed by atoms with E-state index >= 15 is 0 Å². The molecule has 0 bridgehead atoms. The van der Waals surface area contributed by atoms with Crippen molar-refractivity contribution in [2.24, 2.45) is 0 Å². The number of sulfone groups is 1. The molecule has 27 heavy (non-hydrogen) atoms. The minimum atomic E-state index is -3.83. The molecule has 0 spiro atoms. The molecule has 3 aromatic rings. The molecular formula is C19H18Br2N2O3S. The first-order valence-electron chi connectivity index (χ1n) is 8.35. The molecule has 0 amide bonds. The highest BCUT2D eigenvalue weighted by atomic mass is 79.9. The molecule has 1 N–H and O–H groups in total. The largest absolute Gasteiger partial charge is 0.419 e. The zero-order valence-electron chi connectivity index (χ0n) is 14.7. The van der Waals surface area contributed by atoms with Gasteiger partial charge >= 0.3 is 0 Å². The Balaban J connectivity index is 2.11. The first kappa shape index (κ1) is 20.1. The normalized spacial score (nSPS) is 12.7. The fourth-order valence-corrected chi connectivity index (χ4v) is 4.14. The van der Waals surface area contributed by atoms with E-state index in [1.807, 2.05) is 38.1 Å². The Kier molecular flexibility index (Phi) is 6.08. The van der Waals surface area contributed by atoms with Gasteiger partial charge in [0.15, 0.2) is 0 Å². The molecule has 3 rings (SSSR count). The van der Waals surface area contributed by atoms with E-state index in [1.54, 1.807) is 24.3 Å². The molecule has 8 heteroatoms. The second-order valence-electron chi connectivity index (χ2n) is 6.07. The second-order valence-corrected chi connectivity index (χ2v) is 9.77. The summed E-state index contributed by atoms with van der Waals surface area (Å²) in [5.74, 6) is 0.411. The molecule has 0 fully saturated rings. The van der Waals surface area contributed by atoms with Gasteiger partial charge in [0.25, 0.3) is 0 Å². The summed E-state index contributed by atoms with van der Waals surface area (Å²) in [4.78, 5) is 4.48. The van der Waals surface area contributed by atoms with Gasteiger partial charge in [0, 0.05) is 20.6 Å². The van der Waals surface area contributed by atoms with E-state index in [9.17, 15) is 8.42 Å². The summed E-state index contributed by atoms with van der Waals surface area (Å²) in [6.07, 6.45) is 0.812. The first-order chi connectivity index (χ1) is 12.8. The topological polar surface area (TPSA) is 72.2 Å². The Hall–Kier alpha value is -1.64. The van der Waals surface area contributed by atoms with E-state index < -0.39 is 9.84 Å². The molecule has 2 aromatic carbocycles. The maximum Gasteiger partial charge on any atom is 0.234 e. The van der Waals surface area contributed by atoms with Crippen molar-refractivity contribution in [1.82, 2.24) is 4.98 Å². The Morgan fingerprint density at radius 1 is 1.04 bits per heavy atom. The molecule has 0 radical (unpaired) electrons. The summed E-state index contributed by atoms with van der Waals surface area (Å²) in [6.45, 7) is 3.96. The summed E-state index contributed by atoms with van der Waals surface area (Å²) < 4.78 is 33.8. The van der Waals surface area contributed by atoms with Crippen LogP contribution in [0.3, 0.4) is 0 Å². The number of halogens is 2. The summed E-state index contributed by atoms with van der Waals surface area (Å²) in [7, 11) is -3.83. The Bertz CT molecular complexity index is 1030. The maximum atomic E-state index is 13.1. The lowest BCUT2D eigenvalue weighted by atomic mass is 10.2. The third kappa shape index (κ3) is 4.44. The molecule has 142 valence electrons. The third-order valence-corrected chi connectivity index (χ3v) is 6.79.